The van der Waals surface area contributed by atoms with Crippen LogP contribution >= 0.6 is 11.3 Å². The fourth-order valence-corrected chi connectivity index (χ4v) is 6.28. The number of halogens is 3. The zero-order valence-electron chi connectivity index (χ0n) is 24.2. The first kappa shape index (κ1) is 31.0. The van der Waals surface area contributed by atoms with Gasteiger partial charge in [-0.15, -0.1) is 0 Å². The average Bonchev–Trinajstić information content (AvgIpc) is 3.33. The van der Waals surface area contributed by atoms with Crippen molar-refractivity contribution < 1.29 is 32.3 Å². The van der Waals surface area contributed by atoms with Crippen LogP contribution in [0.3, 0.4) is 0 Å². The third-order valence-corrected chi connectivity index (χ3v) is 8.30. The molecule has 0 aliphatic carbocycles. The minimum absolute atomic E-state index is 0.00598. The second kappa shape index (κ2) is 11.9. The van der Waals surface area contributed by atoms with Gasteiger partial charge in [-0.3, -0.25) is 19.0 Å². The van der Waals surface area contributed by atoms with Crippen molar-refractivity contribution in [2.24, 2.45) is 5.92 Å². The second-order valence-electron chi connectivity index (χ2n) is 11.5. The van der Waals surface area contributed by atoms with Gasteiger partial charge >= 0.3 is 12.3 Å². The van der Waals surface area contributed by atoms with Crippen LogP contribution < -0.4 is 10.9 Å². The molecule has 3 heterocycles. The molecule has 230 valence electrons. The van der Waals surface area contributed by atoms with E-state index >= 15 is 0 Å². The number of carbonyl (C=O) groups excluding carboxylic acids is 3. The Hall–Kier alpha value is -4.45. The number of nitrogens with zero attached hydrogens (tertiary/aromatic N) is 2. The molecule has 2 aromatic carbocycles. The van der Waals surface area contributed by atoms with Crippen LogP contribution in [0.15, 0.2) is 71.5 Å². The Morgan fingerprint density at radius 1 is 0.932 bits per heavy atom. The molecule has 0 atom stereocenters. The van der Waals surface area contributed by atoms with Crippen LogP contribution in [0.2, 0.25) is 0 Å². The molecule has 8 nitrogen and oxygen atoms in total. The van der Waals surface area contributed by atoms with E-state index in [1.54, 1.807) is 51.1 Å². The maximum Gasteiger partial charge on any atom is 0.416 e. The van der Waals surface area contributed by atoms with Crippen LogP contribution in [0.25, 0.3) is 15.9 Å². The molecule has 4 aromatic rings. The summed E-state index contributed by atoms with van der Waals surface area (Å²) >= 11 is 1.000. The van der Waals surface area contributed by atoms with Crippen molar-refractivity contribution in [2.75, 3.05) is 18.4 Å². The van der Waals surface area contributed by atoms with Crippen LogP contribution in [-0.2, 0) is 15.7 Å². The number of ether oxygens (including phenoxy) is 1. The lowest BCUT2D eigenvalue weighted by molar-refractivity contribution is -0.137. The van der Waals surface area contributed by atoms with Gasteiger partial charge in [0.05, 0.1) is 16.8 Å². The maximum atomic E-state index is 13.9. The largest absolute Gasteiger partial charge is 0.444 e. The zero-order valence-corrected chi connectivity index (χ0v) is 25.1. The fraction of sp³-hybridized carbons (Fsp3) is 0.312. The summed E-state index contributed by atoms with van der Waals surface area (Å²) in [7, 11) is 0. The van der Waals surface area contributed by atoms with E-state index in [2.05, 4.69) is 5.32 Å². The Morgan fingerprint density at radius 3 is 2.25 bits per heavy atom. The van der Waals surface area contributed by atoms with Gasteiger partial charge in [-0.25, -0.2) is 4.79 Å². The Kier molecular flexibility index (Phi) is 8.39. The van der Waals surface area contributed by atoms with Gasteiger partial charge in [0.1, 0.15) is 15.4 Å². The van der Waals surface area contributed by atoms with Gasteiger partial charge in [-0.1, -0.05) is 41.7 Å². The van der Waals surface area contributed by atoms with Crippen LogP contribution in [0.4, 0.5) is 23.0 Å². The van der Waals surface area contributed by atoms with E-state index < -0.39 is 41.0 Å². The lowest BCUT2D eigenvalue weighted by Crippen LogP contribution is -2.43. The first-order chi connectivity index (χ1) is 20.7. The normalized spacial score (nSPS) is 14.5. The number of alkyl halides is 3. The summed E-state index contributed by atoms with van der Waals surface area (Å²) in [6.07, 6.45) is -4.43. The highest BCUT2D eigenvalue weighted by Gasteiger charge is 2.33. The number of amides is 2. The van der Waals surface area contributed by atoms with Gasteiger partial charge in [0.15, 0.2) is 5.78 Å². The number of carbonyl (C=O) groups is 3. The van der Waals surface area contributed by atoms with Crippen LogP contribution in [-0.4, -0.2) is 45.9 Å². The number of para-hydroxylation sites is 1. The first-order valence-corrected chi connectivity index (χ1v) is 14.8. The molecule has 0 spiro atoms. The highest BCUT2D eigenvalue weighted by atomic mass is 32.1. The van der Waals surface area contributed by atoms with E-state index in [-0.39, 0.29) is 21.7 Å². The van der Waals surface area contributed by atoms with Crippen molar-refractivity contribution >= 4 is 44.3 Å². The minimum Gasteiger partial charge on any atom is -0.444 e. The first-order valence-electron chi connectivity index (χ1n) is 14.0. The van der Waals surface area contributed by atoms with Crippen molar-refractivity contribution in [3.05, 3.63) is 93.8 Å². The standard InChI is InChI=1S/C32H30F3N3O5S/c1-31(2,3)43-30(42)37-16-14-19(15-17-37)27(41)36-28-25(26(40)20-8-7-9-21(18-20)32(33,34)35)23-12-13-24(39)38(29(23)44-28)22-10-5-4-6-11-22/h4-13,18-19H,14-17H2,1-3H3,(H,36,41). The molecule has 12 heteroatoms. The monoisotopic (exact) mass is 625 g/mol. The predicted molar refractivity (Wildman–Crippen MR) is 161 cm³/mol. The van der Waals surface area contributed by atoms with Gasteiger partial charge < -0.3 is 15.0 Å². The summed E-state index contributed by atoms with van der Waals surface area (Å²) in [6.45, 7) is 5.90. The molecule has 1 saturated heterocycles. The summed E-state index contributed by atoms with van der Waals surface area (Å²) in [5, 5.41) is 3.27. The molecule has 1 N–H and O–H groups in total. The van der Waals surface area contributed by atoms with Gasteiger partial charge in [-0.2, -0.15) is 13.2 Å². The molecular formula is C32H30F3N3O5S. The summed E-state index contributed by atoms with van der Waals surface area (Å²) in [5.41, 5.74) is -1.71. The number of nitrogens with one attached hydrogen (secondary N) is 1. The van der Waals surface area contributed by atoms with Crippen molar-refractivity contribution in [1.29, 1.82) is 0 Å². The lowest BCUT2D eigenvalue weighted by atomic mass is 9.96. The number of piperidine rings is 1. The lowest BCUT2D eigenvalue weighted by Gasteiger charge is -2.32. The highest BCUT2D eigenvalue weighted by Crippen LogP contribution is 2.39. The zero-order chi connectivity index (χ0) is 31.8. The van der Waals surface area contributed by atoms with Gasteiger partial charge in [0.2, 0.25) is 5.91 Å². The van der Waals surface area contributed by atoms with E-state index in [0.29, 0.717) is 41.8 Å². The molecule has 0 unspecified atom stereocenters. The number of rotatable bonds is 5. The van der Waals surface area contributed by atoms with Crippen LogP contribution in [0.1, 0.15) is 55.1 Å². The molecule has 1 aliphatic heterocycles. The van der Waals surface area contributed by atoms with E-state index in [9.17, 15) is 32.3 Å². The van der Waals surface area contributed by atoms with Crippen molar-refractivity contribution in [2.45, 2.75) is 45.4 Å². The van der Waals surface area contributed by atoms with E-state index in [4.69, 9.17) is 4.74 Å². The molecule has 5 rings (SSSR count). The van der Waals surface area contributed by atoms with Crippen LogP contribution in [0.5, 0.6) is 0 Å². The molecule has 0 saturated carbocycles. The Labute approximate surface area is 255 Å². The van der Waals surface area contributed by atoms with Gasteiger partial charge in [0.25, 0.3) is 5.56 Å². The van der Waals surface area contributed by atoms with Gasteiger partial charge in [0, 0.05) is 36.0 Å². The SMILES string of the molecule is CC(C)(C)OC(=O)N1CCC(C(=O)Nc2sc3c(ccc(=O)n3-c3ccccc3)c2C(=O)c2cccc(C(F)(F)F)c2)CC1. The molecule has 0 bridgehead atoms. The van der Waals surface area contributed by atoms with Crippen LogP contribution in [0, 0.1) is 5.92 Å². The average molecular weight is 626 g/mol. The quantitative estimate of drug-likeness (QED) is 0.244. The molecule has 44 heavy (non-hydrogen) atoms. The Bertz CT molecular complexity index is 1780. The molecule has 1 fully saturated rings. The number of aromatic nitrogens is 1. The third-order valence-electron chi connectivity index (χ3n) is 7.19. The number of benzene rings is 2. The molecule has 2 aromatic heterocycles. The van der Waals surface area contributed by atoms with E-state index in [1.807, 2.05) is 0 Å². The number of ketones is 1. The Balaban J connectivity index is 1.52. The fourth-order valence-electron chi connectivity index (χ4n) is 5.06. The molecular weight excluding hydrogens is 595 g/mol. The minimum atomic E-state index is -4.66. The summed E-state index contributed by atoms with van der Waals surface area (Å²) in [5.74, 6) is -1.62. The number of thiophene rings is 1. The predicted octanol–water partition coefficient (Wildman–Crippen LogP) is 6.89. The third kappa shape index (κ3) is 6.54. The molecule has 0 radical (unpaired) electrons. The van der Waals surface area contributed by atoms with Crippen molar-refractivity contribution in [3.8, 4) is 5.69 Å². The topological polar surface area (TPSA) is 97.7 Å². The number of fused-ring (bicyclic) bond motifs is 1. The van der Waals surface area contributed by atoms with Crippen molar-refractivity contribution in [1.82, 2.24) is 9.47 Å². The van der Waals surface area contributed by atoms with Crippen molar-refractivity contribution in [3.63, 3.8) is 0 Å². The van der Waals surface area contributed by atoms with E-state index in [1.165, 1.54) is 27.7 Å². The number of anilines is 1. The number of likely N-dealkylation sites (tertiary alicyclic amines) is 1. The molecule has 2 amide bonds. The smallest absolute Gasteiger partial charge is 0.416 e. The number of hydrogen-bond acceptors (Lipinski definition) is 6. The maximum absolute atomic E-state index is 13.9. The highest BCUT2D eigenvalue weighted by molar-refractivity contribution is 7.23. The summed E-state index contributed by atoms with van der Waals surface area (Å²) in [6, 6.07) is 15.5. The summed E-state index contributed by atoms with van der Waals surface area (Å²) in [4.78, 5) is 54.8. The number of hydrogen-bond donors (Lipinski definition) is 1. The van der Waals surface area contributed by atoms with Gasteiger partial charge in [-0.05, 0) is 63.9 Å². The molecule has 1 aliphatic rings. The second-order valence-corrected chi connectivity index (χ2v) is 12.5. The Morgan fingerprint density at radius 2 is 1.61 bits per heavy atom. The van der Waals surface area contributed by atoms with E-state index in [0.717, 1.165) is 29.5 Å². The summed E-state index contributed by atoms with van der Waals surface area (Å²) < 4.78 is 47.3. The number of pyridine rings is 1.